The summed E-state index contributed by atoms with van der Waals surface area (Å²) in [7, 11) is 0. The number of furan rings is 1. The quantitative estimate of drug-likeness (QED) is 0.509. The number of carbonyl (C=O) groups is 3. The molecule has 154 valence electrons. The Morgan fingerprint density at radius 1 is 0.897 bits per heavy atom. The van der Waals surface area contributed by atoms with Crippen molar-refractivity contribution in [3.05, 3.63) is 60.1 Å². The second-order valence-electron chi connectivity index (χ2n) is 7.07. The number of hydrogen-bond donors (Lipinski definition) is 4. The molecule has 1 heterocycles. The minimum absolute atomic E-state index is 0.223. The highest BCUT2D eigenvalue weighted by Crippen LogP contribution is 2.29. The third kappa shape index (κ3) is 5.60. The average Bonchev–Trinajstić information content (AvgIpc) is 3.43. The molecule has 0 radical (unpaired) electrons. The molecule has 29 heavy (non-hydrogen) atoms. The third-order valence-corrected chi connectivity index (χ3v) is 4.98. The molecule has 1 aromatic carbocycles. The predicted molar refractivity (Wildman–Crippen MR) is 107 cm³/mol. The lowest BCUT2D eigenvalue weighted by Gasteiger charge is -2.29. The van der Waals surface area contributed by atoms with Gasteiger partial charge >= 0.3 is 6.03 Å². The van der Waals surface area contributed by atoms with E-state index in [0.717, 1.165) is 18.4 Å². The van der Waals surface area contributed by atoms with E-state index in [4.69, 9.17) is 4.42 Å². The van der Waals surface area contributed by atoms with Crippen molar-refractivity contribution in [3.63, 3.8) is 0 Å². The fourth-order valence-corrected chi connectivity index (χ4v) is 3.44. The molecule has 0 atom stereocenters. The molecule has 0 bridgehead atoms. The van der Waals surface area contributed by atoms with Gasteiger partial charge in [-0.2, -0.15) is 0 Å². The molecule has 8 nitrogen and oxygen atoms in total. The Morgan fingerprint density at radius 3 is 2.31 bits per heavy atom. The molecule has 0 spiro atoms. The van der Waals surface area contributed by atoms with E-state index in [1.54, 1.807) is 12.1 Å². The third-order valence-electron chi connectivity index (χ3n) is 4.98. The first kappa shape index (κ1) is 20.4. The first-order valence-electron chi connectivity index (χ1n) is 9.79. The summed E-state index contributed by atoms with van der Waals surface area (Å²) in [5, 5.41) is 11.2. The second kappa shape index (κ2) is 9.77. The number of benzene rings is 1. The maximum atomic E-state index is 12.8. The van der Waals surface area contributed by atoms with Crippen LogP contribution in [0, 0.1) is 0 Å². The Bertz CT molecular complexity index is 814. The van der Waals surface area contributed by atoms with Crippen LogP contribution in [-0.2, 0) is 11.3 Å². The highest BCUT2D eigenvalue weighted by Gasteiger charge is 2.42. The van der Waals surface area contributed by atoms with Crippen molar-refractivity contribution in [1.82, 2.24) is 21.3 Å². The van der Waals surface area contributed by atoms with Crippen LogP contribution in [0.4, 0.5) is 4.79 Å². The topological polar surface area (TPSA) is 112 Å². The molecule has 1 aliphatic rings. The van der Waals surface area contributed by atoms with Gasteiger partial charge in [0.15, 0.2) is 5.76 Å². The van der Waals surface area contributed by atoms with Crippen LogP contribution in [0.5, 0.6) is 0 Å². The largest absolute Gasteiger partial charge is 0.459 e. The predicted octanol–water partition coefficient (Wildman–Crippen LogP) is 1.94. The molecule has 1 fully saturated rings. The van der Waals surface area contributed by atoms with Crippen LogP contribution in [0.15, 0.2) is 53.1 Å². The van der Waals surface area contributed by atoms with E-state index in [9.17, 15) is 14.4 Å². The zero-order valence-electron chi connectivity index (χ0n) is 16.2. The zero-order valence-corrected chi connectivity index (χ0v) is 16.2. The van der Waals surface area contributed by atoms with E-state index in [1.807, 2.05) is 30.3 Å². The van der Waals surface area contributed by atoms with Gasteiger partial charge in [0, 0.05) is 19.6 Å². The van der Waals surface area contributed by atoms with Gasteiger partial charge in [0.05, 0.1) is 6.26 Å². The number of carbonyl (C=O) groups excluding carboxylic acids is 3. The van der Waals surface area contributed by atoms with Crippen molar-refractivity contribution >= 4 is 17.8 Å². The van der Waals surface area contributed by atoms with Crippen LogP contribution >= 0.6 is 0 Å². The van der Waals surface area contributed by atoms with Gasteiger partial charge in [-0.15, -0.1) is 0 Å². The molecule has 1 saturated carbocycles. The molecule has 2 aromatic rings. The zero-order chi connectivity index (χ0) is 20.5. The van der Waals surface area contributed by atoms with Crippen LogP contribution in [0.2, 0.25) is 0 Å². The van der Waals surface area contributed by atoms with Gasteiger partial charge in [0.25, 0.3) is 5.91 Å². The van der Waals surface area contributed by atoms with Crippen molar-refractivity contribution in [2.45, 2.75) is 37.8 Å². The monoisotopic (exact) mass is 398 g/mol. The van der Waals surface area contributed by atoms with Gasteiger partial charge in [0.2, 0.25) is 5.91 Å². The molecular formula is C21H26N4O4. The molecule has 0 unspecified atom stereocenters. The molecule has 1 aromatic heterocycles. The summed E-state index contributed by atoms with van der Waals surface area (Å²) in [6.45, 7) is 0.922. The molecule has 0 aliphatic heterocycles. The first-order valence-corrected chi connectivity index (χ1v) is 9.79. The first-order chi connectivity index (χ1) is 14.1. The van der Waals surface area contributed by atoms with Gasteiger partial charge in [0.1, 0.15) is 5.54 Å². The Hall–Kier alpha value is -3.29. The standard InChI is InChI=1S/C21H26N4O4/c26-18(17-9-6-14-29-17)22-12-13-23-19(27)21(10-4-5-11-21)25-20(28)24-15-16-7-2-1-3-8-16/h1-3,6-9,14H,4-5,10-13,15H2,(H,22,26)(H,23,27)(H2,24,25,28). The normalized spacial score (nSPS) is 14.8. The van der Waals surface area contributed by atoms with Crippen molar-refractivity contribution in [1.29, 1.82) is 0 Å². The lowest BCUT2D eigenvalue weighted by molar-refractivity contribution is -0.127. The van der Waals surface area contributed by atoms with E-state index >= 15 is 0 Å². The van der Waals surface area contributed by atoms with Crippen LogP contribution in [0.1, 0.15) is 41.8 Å². The van der Waals surface area contributed by atoms with E-state index in [0.29, 0.717) is 19.4 Å². The highest BCUT2D eigenvalue weighted by atomic mass is 16.3. The number of rotatable bonds is 8. The van der Waals surface area contributed by atoms with Crippen molar-refractivity contribution in [3.8, 4) is 0 Å². The van der Waals surface area contributed by atoms with Gasteiger partial charge in [-0.1, -0.05) is 43.2 Å². The Kier molecular flexibility index (Phi) is 6.89. The lowest BCUT2D eigenvalue weighted by Crippen LogP contribution is -2.59. The number of urea groups is 1. The summed E-state index contributed by atoms with van der Waals surface area (Å²) >= 11 is 0. The molecule has 4 N–H and O–H groups in total. The van der Waals surface area contributed by atoms with Gasteiger partial charge in [-0.3, -0.25) is 9.59 Å². The fourth-order valence-electron chi connectivity index (χ4n) is 3.44. The van der Waals surface area contributed by atoms with Gasteiger partial charge in [-0.05, 0) is 30.5 Å². The Labute approximate surface area is 169 Å². The molecule has 0 saturated heterocycles. The van der Waals surface area contributed by atoms with Gasteiger partial charge < -0.3 is 25.7 Å². The van der Waals surface area contributed by atoms with E-state index in [-0.39, 0.29) is 36.7 Å². The molecular weight excluding hydrogens is 372 g/mol. The van der Waals surface area contributed by atoms with Crippen LogP contribution in [0.25, 0.3) is 0 Å². The minimum Gasteiger partial charge on any atom is -0.459 e. The smallest absolute Gasteiger partial charge is 0.315 e. The fraction of sp³-hybridized carbons (Fsp3) is 0.381. The van der Waals surface area contributed by atoms with E-state index in [2.05, 4.69) is 21.3 Å². The summed E-state index contributed by atoms with van der Waals surface area (Å²) in [4.78, 5) is 36.9. The van der Waals surface area contributed by atoms with Crippen LogP contribution < -0.4 is 21.3 Å². The maximum absolute atomic E-state index is 12.8. The molecule has 4 amide bonds. The van der Waals surface area contributed by atoms with Crippen molar-refractivity contribution in [2.75, 3.05) is 13.1 Å². The summed E-state index contributed by atoms with van der Waals surface area (Å²) < 4.78 is 5.02. The average molecular weight is 398 g/mol. The lowest BCUT2D eigenvalue weighted by atomic mass is 9.96. The number of nitrogens with one attached hydrogen (secondary N) is 4. The van der Waals surface area contributed by atoms with Gasteiger partial charge in [-0.25, -0.2) is 4.79 Å². The van der Waals surface area contributed by atoms with E-state index in [1.165, 1.54) is 6.26 Å². The van der Waals surface area contributed by atoms with Crippen LogP contribution in [0.3, 0.4) is 0 Å². The molecule has 8 heteroatoms. The van der Waals surface area contributed by atoms with Crippen LogP contribution in [-0.4, -0.2) is 36.5 Å². The second-order valence-corrected chi connectivity index (χ2v) is 7.07. The number of hydrogen-bond acceptors (Lipinski definition) is 4. The molecule has 3 rings (SSSR count). The summed E-state index contributed by atoms with van der Waals surface area (Å²) in [5.41, 5.74) is 0.0751. The van der Waals surface area contributed by atoms with E-state index < -0.39 is 5.54 Å². The summed E-state index contributed by atoms with van der Waals surface area (Å²) in [6.07, 6.45) is 4.37. The molecule has 1 aliphatic carbocycles. The van der Waals surface area contributed by atoms with Crippen molar-refractivity contribution < 1.29 is 18.8 Å². The minimum atomic E-state index is -0.911. The highest BCUT2D eigenvalue weighted by molar-refractivity contribution is 5.92. The Balaban J connectivity index is 1.45. The Morgan fingerprint density at radius 2 is 1.62 bits per heavy atom. The summed E-state index contributed by atoms with van der Waals surface area (Å²) in [6, 6.07) is 12.4. The SMILES string of the molecule is O=C(NCc1ccccc1)NC1(C(=O)NCCNC(=O)c2ccco2)CCCC1. The summed E-state index contributed by atoms with van der Waals surface area (Å²) in [5.74, 6) is -0.337. The number of amides is 4. The maximum Gasteiger partial charge on any atom is 0.315 e. The van der Waals surface area contributed by atoms with Crippen molar-refractivity contribution in [2.24, 2.45) is 0 Å².